The van der Waals surface area contributed by atoms with E-state index in [0.717, 1.165) is 4.31 Å². The Bertz CT molecular complexity index is 1590. The lowest BCUT2D eigenvalue weighted by Crippen LogP contribution is -2.52. The van der Waals surface area contributed by atoms with E-state index in [4.69, 9.17) is 21.1 Å². The summed E-state index contributed by atoms with van der Waals surface area (Å²) in [4.78, 5) is 17.8. The number of amides is 1. The molecular formula is C33H34ClN3O5S. The topological polar surface area (TPSA) is 79.4 Å². The number of carbonyl (C=O) groups is 1. The molecule has 1 aliphatic heterocycles. The molecule has 224 valence electrons. The second kappa shape index (κ2) is 13.5. The van der Waals surface area contributed by atoms with Crippen molar-refractivity contribution in [3.63, 3.8) is 0 Å². The van der Waals surface area contributed by atoms with Crippen LogP contribution in [-0.2, 0) is 14.8 Å². The SMILES string of the molecule is COc1ccc(S(=O)(=O)N(CC(=O)N2CCN(C(c3ccccc3)c3ccccc3)CC2)c2ccc(Cl)cc2)cc1OC. The van der Waals surface area contributed by atoms with Gasteiger partial charge in [-0.1, -0.05) is 72.3 Å². The Morgan fingerprint density at radius 3 is 1.88 bits per heavy atom. The van der Waals surface area contributed by atoms with Crippen LogP contribution in [-0.4, -0.2) is 71.1 Å². The molecular weight excluding hydrogens is 586 g/mol. The van der Waals surface area contributed by atoms with Crippen LogP contribution in [0.4, 0.5) is 5.69 Å². The van der Waals surface area contributed by atoms with Gasteiger partial charge in [0.2, 0.25) is 5.91 Å². The molecule has 1 amide bonds. The molecule has 1 fully saturated rings. The van der Waals surface area contributed by atoms with Gasteiger partial charge in [0.1, 0.15) is 6.54 Å². The largest absolute Gasteiger partial charge is 0.493 e. The number of benzene rings is 4. The molecule has 1 saturated heterocycles. The standard InChI is InChI=1S/C33H34ClN3O5S/c1-41-30-18-17-29(23-31(30)42-2)43(39,40)37(28-15-13-27(34)14-16-28)24-32(38)35-19-21-36(22-20-35)33(25-9-5-3-6-10-25)26-11-7-4-8-12-26/h3-18,23,33H,19-22,24H2,1-2H3. The van der Waals surface area contributed by atoms with Gasteiger partial charge in [0, 0.05) is 37.3 Å². The summed E-state index contributed by atoms with van der Waals surface area (Å²) in [7, 11) is -1.24. The Balaban J connectivity index is 1.37. The van der Waals surface area contributed by atoms with Crippen molar-refractivity contribution in [1.29, 1.82) is 0 Å². The molecule has 0 radical (unpaired) electrons. The summed E-state index contributed by atoms with van der Waals surface area (Å²) < 4.78 is 39.7. The van der Waals surface area contributed by atoms with Crippen molar-refractivity contribution >= 4 is 33.2 Å². The smallest absolute Gasteiger partial charge is 0.264 e. The van der Waals surface area contributed by atoms with Crippen molar-refractivity contribution in [2.24, 2.45) is 0 Å². The zero-order chi connectivity index (χ0) is 30.4. The number of hydrogen-bond acceptors (Lipinski definition) is 6. The third-order valence-electron chi connectivity index (χ3n) is 7.60. The van der Waals surface area contributed by atoms with Gasteiger partial charge in [0.25, 0.3) is 10.0 Å². The number of anilines is 1. The Morgan fingerprint density at radius 2 is 1.35 bits per heavy atom. The molecule has 0 aromatic heterocycles. The van der Waals surface area contributed by atoms with E-state index in [1.165, 1.54) is 43.5 Å². The normalized spacial score (nSPS) is 14.0. The first-order valence-electron chi connectivity index (χ1n) is 13.9. The van der Waals surface area contributed by atoms with E-state index in [-0.39, 0.29) is 29.1 Å². The van der Waals surface area contributed by atoms with E-state index < -0.39 is 10.0 Å². The monoisotopic (exact) mass is 619 g/mol. The third kappa shape index (κ3) is 6.80. The molecule has 43 heavy (non-hydrogen) atoms. The number of carbonyl (C=O) groups excluding carboxylic acids is 1. The van der Waals surface area contributed by atoms with E-state index in [0.29, 0.717) is 42.6 Å². The summed E-state index contributed by atoms with van der Waals surface area (Å²) in [6.45, 7) is 1.87. The lowest BCUT2D eigenvalue weighted by molar-refractivity contribution is -0.131. The van der Waals surface area contributed by atoms with Gasteiger partial charge in [-0.05, 0) is 47.5 Å². The average molecular weight is 620 g/mol. The number of nitrogens with zero attached hydrogens (tertiary/aromatic N) is 3. The first-order chi connectivity index (χ1) is 20.8. The molecule has 0 unspecified atom stereocenters. The van der Waals surface area contributed by atoms with Gasteiger partial charge in [-0.25, -0.2) is 8.42 Å². The van der Waals surface area contributed by atoms with Crippen molar-refractivity contribution in [2.75, 3.05) is 51.2 Å². The number of sulfonamides is 1. The van der Waals surface area contributed by atoms with Gasteiger partial charge in [0.05, 0.1) is 30.8 Å². The van der Waals surface area contributed by atoms with Crippen molar-refractivity contribution < 1.29 is 22.7 Å². The fourth-order valence-electron chi connectivity index (χ4n) is 5.36. The Morgan fingerprint density at radius 1 is 0.791 bits per heavy atom. The minimum Gasteiger partial charge on any atom is -0.493 e. The van der Waals surface area contributed by atoms with Crippen molar-refractivity contribution in [3.05, 3.63) is 119 Å². The number of halogens is 1. The highest BCUT2D eigenvalue weighted by Crippen LogP contribution is 2.33. The first kappa shape index (κ1) is 30.4. The molecule has 0 bridgehead atoms. The zero-order valence-corrected chi connectivity index (χ0v) is 25.7. The number of ether oxygens (including phenoxy) is 2. The van der Waals surface area contributed by atoms with Crippen LogP contribution < -0.4 is 13.8 Å². The van der Waals surface area contributed by atoms with Crippen molar-refractivity contribution in [3.8, 4) is 11.5 Å². The van der Waals surface area contributed by atoms with Crippen LogP contribution in [0.1, 0.15) is 17.2 Å². The summed E-state index contributed by atoms with van der Waals surface area (Å²) in [5.41, 5.74) is 2.70. The first-order valence-corrected chi connectivity index (χ1v) is 15.8. The summed E-state index contributed by atoms with van der Waals surface area (Å²) in [5.74, 6) is 0.390. The molecule has 5 rings (SSSR count). The molecule has 4 aromatic carbocycles. The predicted molar refractivity (Wildman–Crippen MR) is 168 cm³/mol. The average Bonchev–Trinajstić information content (AvgIpc) is 3.05. The van der Waals surface area contributed by atoms with Gasteiger partial charge >= 0.3 is 0 Å². The highest BCUT2D eigenvalue weighted by molar-refractivity contribution is 7.92. The van der Waals surface area contributed by atoms with Gasteiger partial charge in [-0.3, -0.25) is 14.0 Å². The fraction of sp³-hybridized carbons (Fsp3) is 0.242. The van der Waals surface area contributed by atoms with Crippen LogP contribution in [0.3, 0.4) is 0 Å². The Labute approximate surface area is 258 Å². The van der Waals surface area contributed by atoms with Crippen LogP contribution in [0.5, 0.6) is 11.5 Å². The molecule has 8 nitrogen and oxygen atoms in total. The second-order valence-electron chi connectivity index (χ2n) is 10.1. The summed E-state index contributed by atoms with van der Waals surface area (Å²) in [5, 5.41) is 0.459. The number of hydrogen-bond donors (Lipinski definition) is 0. The maximum atomic E-state index is 14.0. The predicted octanol–water partition coefficient (Wildman–Crippen LogP) is 5.49. The molecule has 0 saturated carbocycles. The third-order valence-corrected chi connectivity index (χ3v) is 9.62. The van der Waals surface area contributed by atoms with Crippen LogP contribution in [0.2, 0.25) is 5.02 Å². The van der Waals surface area contributed by atoms with E-state index in [2.05, 4.69) is 29.2 Å². The van der Waals surface area contributed by atoms with Crippen LogP contribution in [0.25, 0.3) is 0 Å². The molecule has 0 spiro atoms. The van der Waals surface area contributed by atoms with Crippen LogP contribution >= 0.6 is 11.6 Å². The van der Waals surface area contributed by atoms with Crippen molar-refractivity contribution in [2.45, 2.75) is 10.9 Å². The lowest BCUT2D eigenvalue weighted by Gasteiger charge is -2.40. The molecule has 0 atom stereocenters. The quantitative estimate of drug-likeness (QED) is 0.234. The van der Waals surface area contributed by atoms with E-state index in [1.54, 1.807) is 29.2 Å². The highest BCUT2D eigenvalue weighted by atomic mass is 35.5. The van der Waals surface area contributed by atoms with Crippen LogP contribution in [0.15, 0.2) is 108 Å². The van der Waals surface area contributed by atoms with Gasteiger partial charge < -0.3 is 14.4 Å². The Kier molecular flexibility index (Phi) is 9.55. The minimum atomic E-state index is -4.16. The molecule has 1 aliphatic rings. The number of rotatable bonds is 10. The van der Waals surface area contributed by atoms with Gasteiger partial charge in [-0.15, -0.1) is 0 Å². The highest BCUT2D eigenvalue weighted by Gasteiger charge is 2.32. The Hall–Kier alpha value is -4.05. The lowest BCUT2D eigenvalue weighted by atomic mass is 9.96. The van der Waals surface area contributed by atoms with E-state index in [1.807, 2.05) is 36.4 Å². The van der Waals surface area contributed by atoms with Crippen molar-refractivity contribution in [1.82, 2.24) is 9.80 Å². The number of piperazine rings is 1. The maximum Gasteiger partial charge on any atom is 0.264 e. The van der Waals surface area contributed by atoms with Gasteiger partial charge in [-0.2, -0.15) is 0 Å². The fourth-order valence-corrected chi connectivity index (χ4v) is 6.92. The second-order valence-corrected chi connectivity index (χ2v) is 12.4. The van der Waals surface area contributed by atoms with E-state index in [9.17, 15) is 13.2 Å². The summed E-state index contributed by atoms with van der Waals surface area (Å²) >= 11 is 6.10. The summed E-state index contributed by atoms with van der Waals surface area (Å²) in [6, 6.07) is 31.5. The minimum absolute atomic E-state index is 0.0220. The molecule has 0 N–H and O–H groups in total. The number of methoxy groups -OCH3 is 2. The van der Waals surface area contributed by atoms with Gasteiger partial charge in [0.15, 0.2) is 11.5 Å². The van der Waals surface area contributed by atoms with Crippen LogP contribution in [0, 0.1) is 0 Å². The molecule has 10 heteroatoms. The zero-order valence-electron chi connectivity index (χ0n) is 24.1. The molecule has 4 aromatic rings. The summed E-state index contributed by atoms with van der Waals surface area (Å²) in [6.07, 6.45) is 0. The maximum absolute atomic E-state index is 14.0. The molecule has 1 heterocycles. The van der Waals surface area contributed by atoms with E-state index >= 15 is 0 Å². The molecule has 0 aliphatic carbocycles.